The minimum Gasteiger partial charge on any atom is -0.330 e. The Labute approximate surface area is 93.5 Å². The second-order valence-electron chi connectivity index (χ2n) is 3.62. The van der Waals surface area contributed by atoms with Crippen molar-refractivity contribution in [3.05, 3.63) is 35.4 Å². The first-order valence-electron chi connectivity index (χ1n) is 5.34. The van der Waals surface area contributed by atoms with E-state index in [1.54, 1.807) is 0 Å². The molecule has 0 bridgehead atoms. The van der Waals surface area contributed by atoms with Crippen LogP contribution in [-0.2, 0) is 0 Å². The van der Waals surface area contributed by atoms with Crippen LogP contribution >= 0.6 is 0 Å². The lowest BCUT2D eigenvalue weighted by atomic mass is 10.0. The molecular formula is C12H15F2NO. The van der Waals surface area contributed by atoms with E-state index < -0.39 is 23.0 Å². The third kappa shape index (κ3) is 3.38. The van der Waals surface area contributed by atoms with E-state index >= 15 is 0 Å². The molecule has 0 spiro atoms. The van der Waals surface area contributed by atoms with Gasteiger partial charge in [0.25, 0.3) is 0 Å². The minimum absolute atomic E-state index is 0.165. The lowest BCUT2D eigenvalue weighted by Crippen LogP contribution is -2.06. The Morgan fingerprint density at radius 2 is 1.75 bits per heavy atom. The standard InChI is InChI=1S/C12H15F2NO/c13-9-5-4-6-10(14)12(9)11(16)7-2-1-3-8-15/h4-6H,1-3,7-8,15H2. The predicted molar refractivity (Wildman–Crippen MR) is 58.2 cm³/mol. The molecule has 0 aliphatic rings. The van der Waals surface area contributed by atoms with Crippen LogP contribution in [0.1, 0.15) is 36.0 Å². The first kappa shape index (κ1) is 12.8. The van der Waals surface area contributed by atoms with Crippen molar-refractivity contribution in [1.29, 1.82) is 0 Å². The number of carbonyl (C=O) groups is 1. The summed E-state index contributed by atoms with van der Waals surface area (Å²) in [5.74, 6) is -2.06. The van der Waals surface area contributed by atoms with E-state index in [1.165, 1.54) is 6.07 Å². The van der Waals surface area contributed by atoms with Crippen LogP contribution in [0.15, 0.2) is 18.2 Å². The summed E-state index contributed by atoms with van der Waals surface area (Å²) in [7, 11) is 0. The minimum atomic E-state index is -0.788. The number of rotatable bonds is 6. The summed E-state index contributed by atoms with van der Waals surface area (Å²) in [5.41, 5.74) is 4.88. The van der Waals surface area contributed by atoms with Crippen LogP contribution in [-0.4, -0.2) is 12.3 Å². The summed E-state index contributed by atoms with van der Waals surface area (Å²) in [6.07, 6.45) is 2.41. The largest absolute Gasteiger partial charge is 0.330 e. The zero-order valence-corrected chi connectivity index (χ0v) is 9.01. The second-order valence-corrected chi connectivity index (χ2v) is 3.62. The zero-order valence-electron chi connectivity index (χ0n) is 9.01. The Balaban J connectivity index is 2.59. The first-order chi connectivity index (χ1) is 7.66. The van der Waals surface area contributed by atoms with Crippen molar-refractivity contribution in [3.8, 4) is 0 Å². The fourth-order valence-electron chi connectivity index (χ4n) is 1.50. The molecule has 0 saturated heterocycles. The molecule has 2 N–H and O–H groups in total. The van der Waals surface area contributed by atoms with Crippen LogP contribution in [0.2, 0.25) is 0 Å². The van der Waals surface area contributed by atoms with Crippen LogP contribution in [0.5, 0.6) is 0 Å². The van der Waals surface area contributed by atoms with Gasteiger partial charge in [-0.25, -0.2) is 8.78 Å². The Hall–Kier alpha value is -1.29. The van der Waals surface area contributed by atoms with Crippen LogP contribution in [0.4, 0.5) is 8.78 Å². The first-order valence-corrected chi connectivity index (χ1v) is 5.34. The maximum Gasteiger partial charge on any atom is 0.168 e. The Kier molecular flexibility index (Phi) is 5.05. The molecule has 0 aromatic heterocycles. The maximum atomic E-state index is 13.2. The Morgan fingerprint density at radius 3 is 2.31 bits per heavy atom. The smallest absolute Gasteiger partial charge is 0.168 e. The van der Waals surface area contributed by atoms with Crippen LogP contribution in [0.3, 0.4) is 0 Å². The number of ketones is 1. The van der Waals surface area contributed by atoms with Gasteiger partial charge in [-0.1, -0.05) is 12.5 Å². The third-order valence-corrected chi connectivity index (χ3v) is 2.35. The number of Topliss-reactive ketones (excluding diaryl/α,β-unsaturated/α-hetero) is 1. The van der Waals surface area contributed by atoms with E-state index in [4.69, 9.17) is 5.73 Å². The second kappa shape index (κ2) is 6.33. The molecule has 2 nitrogen and oxygen atoms in total. The molecule has 1 aromatic rings. The van der Waals surface area contributed by atoms with Gasteiger partial charge in [0, 0.05) is 6.42 Å². The summed E-state index contributed by atoms with van der Waals surface area (Å²) >= 11 is 0. The third-order valence-electron chi connectivity index (χ3n) is 2.35. The van der Waals surface area contributed by atoms with E-state index in [9.17, 15) is 13.6 Å². The molecule has 1 aromatic carbocycles. The summed E-state index contributed by atoms with van der Waals surface area (Å²) in [5, 5.41) is 0. The van der Waals surface area contributed by atoms with Gasteiger partial charge >= 0.3 is 0 Å². The highest BCUT2D eigenvalue weighted by Crippen LogP contribution is 2.15. The highest BCUT2D eigenvalue weighted by atomic mass is 19.1. The molecule has 0 fully saturated rings. The number of carbonyl (C=O) groups excluding carboxylic acids is 1. The lowest BCUT2D eigenvalue weighted by Gasteiger charge is -2.03. The SMILES string of the molecule is NCCCCCC(=O)c1c(F)cccc1F. The molecule has 0 aliphatic heterocycles. The molecule has 0 unspecified atom stereocenters. The monoisotopic (exact) mass is 227 g/mol. The average Bonchev–Trinajstić information content (AvgIpc) is 2.24. The molecule has 88 valence electrons. The van der Waals surface area contributed by atoms with Gasteiger partial charge in [0.2, 0.25) is 0 Å². The number of halogens is 2. The number of nitrogens with two attached hydrogens (primary N) is 1. The van der Waals surface area contributed by atoms with Gasteiger partial charge in [0.1, 0.15) is 11.6 Å². The average molecular weight is 227 g/mol. The van der Waals surface area contributed by atoms with Gasteiger partial charge in [0.15, 0.2) is 5.78 Å². The summed E-state index contributed by atoms with van der Waals surface area (Å²) in [4.78, 5) is 11.5. The van der Waals surface area contributed by atoms with Crippen molar-refractivity contribution in [2.75, 3.05) is 6.54 Å². The van der Waals surface area contributed by atoms with Gasteiger partial charge in [-0.15, -0.1) is 0 Å². The van der Waals surface area contributed by atoms with Crippen LogP contribution in [0.25, 0.3) is 0 Å². The van der Waals surface area contributed by atoms with Crippen molar-refractivity contribution in [3.63, 3.8) is 0 Å². The van der Waals surface area contributed by atoms with Gasteiger partial charge in [0.05, 0.1) is 5.56 Å². The number of unbranched alkanes of at least 4 members (excludes halogenated alkanes) is 2. The summed E-state index contributed by atoms with van der Waals surface area (Å²) in [6.45, 7) is 0.572. The molecular weight excluding hydrogens is 212 g/mol. The van der Waals surface area contributed by atoms with Gasteiger partial charge in [-0.2, -0.15) is 0 Å². The molecule has 16 heavy (non-hydrogen) atoms. The van der Waals surface area contributed by atoms with Crippen molar-refractivity contribution >= 4 is 5.78 Å². The fraction of sp³-hybridized carbons (Fsp3) is 0.417. The molecule has 0 saturated carbocycles. The van der Waals surface area contributed by atoms with Crippen LogP contribution < -0.4 is 5.73 Å². The molecule has 0 heterocycles. The van der Waals surface area contributed by atoms with Crippen molar-refractivity contribution in [2.24, 2.45) is 5.73 Å². The molecule has 0 atom stereocenters. The highest BCUT2D eigenvalue weighted by molar-refractivity contribution is 5.96. The number of hydrogen-bond donors (Lipinski definition) is 1. The molecule has 0 aliphatic carbocycles. The van der Waals surface area contributed by atoms with Gasteiger partial charge in [-0.05, 0) is 31.5 Å². The van der Waals surface area contributed by atoms with E-state index in [2.05, 4.69) is 0 Å². The molecule has 1 rings (SSSR count). The van der Waals surface area contributed by atoms with Crippen molar-refractivity contribution < 1.29 is 13.6 Å². The van der Waals surface area contributed by atoms with Crippen molar-refractivity contribution in [1.82, 2.24) is 0 Å². The Bertz CT molecular complexity index is 346. The summed E-state index contributed by atoms with van der Waals surface area (Å²) < 4.78 is 26.4. The fourth-order valence-corrected chi connectivity index (χ4v) is 1.50. The van der Waals surface area contributed by atoms with E-state index in [0.717, 1.165) is 25.0 Å². The van der Waals surface area contributed by atoms with Crippen LogP contribution in [0, 0.1) is 11.6 Å². The van der Waals surface area contributed by atoms with E-state index in [0.29, 0.717) is 13.0 Å². The zero-order chi connectivity index (χ0) is 12.0. The Morgan fingerprint density at radius 1 is 1.12 bits per heavy atom. The quantitative estimate of drug-likeness (QED) is 0.599. The van der Waals surface area contributed by atoms with Gasteiger partial charge < -0.3 is 5.73 Å². The van der Waals surface area contributed by atoms with E-state index in [1.807, 2.05) is 0 Å². The molecule has 0 radical (unpaired) electrons. The molecule has 4 heteroatoms. The molecule has 0 amide bonds. The normalized spacial score (nSPS) is 10.4. The maximum absolute atomic E-state index is 13.2. The van der Waals surface area contributed by atoms with Crippen molar-refractivity contribution in [2.45, 2.75) is 25.7 Å². The lowest BCUT2D eigenvalue weighted by molar-refractivity contribution is 0.0971. The van der Waals surface area contributed by atoms with E-state index in [-0.39, 0.29) is 6.42 Å². The number of benzene rings is 1. The topological polar surface area (TPSA) is 43.1 Å². The predicted octanol–water partition coefficient (Wildman–Crippen LogP) is 2.67. The van der Waals surface area contributed by atoms with Gasteiger partial charge in [-0.3, -0.25) is 4.79 Å². The number of hydrogen-bond acceptors (Lipinski definition) is 2. The summed E-state index contributed by atoms with van der Waals surface area (Å²) in [6, 6.07) is 3.43. The highest BCUT2D eigenvalue weighted by Gasteiger charge is 2.15.